The quantitative estimate of drug-likeness (QED) is 0.738. The average Bonchev–Trinajstić information content (AvgIpc) is 3.15. The fourth-order valence-electron chi connectivity index (χ4n) is 2.76. The SMILES string of the molecule is COC(=O)c1ccc(S(=O)(=O)N(C)Cc2ccc([C@H]3C[C@@H]3C)o2)cc1. The van der Waals surface area contributed by atoms with Gasteiger partial charge in [0.25, 0.3) is 0 Å². The highest BCUT2D eigenvalue weighted by atomic mass is 32.2. The molecule has 0 saturated heterocycles. The zero-order valence-corrected chi connectivity index (χ0v) is 15.2. The van der Waals surface area contributed by atoms with Gasteiger partial charge in [0.1, 0.15) is 11.5 Å². The second-order valence-corrected chi connectivity index (χ2v) is 8.45. The van der Waals surface area contributed by atoms with Crippen LogP contribution < -0.4 is 0 Å². The largest absolute Gasteiger partial charge is 0.465 e. The summed E-state index contributed by atoms with van der Waals surface area (Å²) in [7, 11) is -0.887. The normalized spacial score (nSPS) is 19.8. The highest BCUT2D eigenvalue weighted by Crippen LogP contribution is 2.47. The van der Waals surface area contributed by atoms with Gasteiger partial charge >= 0.3 is 5.97 Å². The van der Waals surface area contributed by atoms with Gasteiger partial charge in [-0.15, -0.1) is 0 Å². The van der Waals surface area contributed by atoms with Crippen LogP contribution in [0.4, 0.5) is 0 Å². The first-order chi connectivity index (χ1) is 11.8. The first-order valence-corrected chi connectivity index (χ1v) is 9.50. The fraction of sp³-hybridized carbons (Fsp3) is 0.389. The maximum Gasteiger partial charge on any atom is 0.337 e. The standard InChI is InChI=1S/C18H21NO5S/c1-12-10-16(12)17-9-6-14(24-17)11-19(2)25(21,22)15-7-4-13(5-8-15)18(20)23-3/h4-9,12,16H,10-11H2,1-3H3/t12-,16-/m0/s1. The Morgan fingerprint density at radius 1 is 1.24 bits per heavy atom. The Morgan fingerprint density at radius 3 is 2.44 bits per heavy atom. The predicted octanol–water partition coefficient (Wildman–Crippen LogP) is 3.01. The number of furan rings is 1. The Hall–Kier alpha value is -2.12. The Balaban J connectivity index is 1.72. The molecule has 1 heterocycles. The van der Waals surface area contributed by atoms with Crippen LogP contribution in [0.15, 0.2) is 45.7 Å². The molecule has 1 aliphatic rings. The van der Waals surface area contributed by atoms with Crippen molar-refractivity contribution in [3.05, 3.63) is 53.5 Å². The second-order valence-electron chi connectivity index (χ2n) is 6.40. The summed E-state index contributed by atoms with van der Waals surface area (Å²) >= 11 is 0. The molecule has 1 aromatic carbocycles. The molecule has 1 aromatic heterocycles. The van der Waals surface area contributed by atoms with Gasteiger partial charge in [0.15, 0.2) is 0 Å². The molecule has 1 aliphatic carbocycles. The predicted molar refractivity (Wildman–Crippen MR) is 91.7 cm³/mol. The molecule has 1 saturated carbocycles. The second kappa shape index (κ2) is 6.65. The third kappa shape index (κ3) is 3.62. The third-order valence-electron chi connectivity index (χ3n) is 4.52. The minimum Gasteiger partial charge on any atom is -0.465 e. The number of sulfonamides is 1. The van der Waals surface area contributed by atoms with Crippen LogP contribution in [0.5, 0.6) is 0 Å². The van der Waals surface area contributed by atoms with E-state index in [1.165, 1.54) is 42.7 Å². The van der Waals surface area contributed by atoms with E-state index in [1.807, 2.05) is 12.1 Å². The monoisotopic (exact) mass is 363 g/mol. The molecule has 3 rings (SSSR count). The average molecular weight is 363 g/mol. The van der Waals surface area contributed by atoms with E-state index in [2.05, 4.69) is 11.7 Å². The lowest BCUT2D eigenvalue weighted by Gasteiger charge is -2.16. The van der Waals surface area contributed by atoms with Crippen molar-refractivity contribution in [3.63, 3.8) is 0 Å². The molecule has 0 spiro atoms. The number of carbonyl (C=O) groups excluding carboxylic acids is 1. The Bertz CT molecular complexity index is 869. The summed E-state index contributed by atoms with van der Waals surface area (Å²) in [5.74, 6) is 2.13. The van der Waals surface area contributed by atoms with E-state index in [1.54, 1.807) is 0 Å². The van der Waals surface area contributed by atoms with Crippen LogP contribution in [0.3, 0.4) is 0 Å². The van der Waals surface area contributed by atoms with Gasteiger partial charge in [0.05, 0.1) is 24.1 Å². The molecule has 0 N–H and O–H groups in total. The summed E-state index contributed by atoms with van der Waals surface area (Å²) in [5, 5.41) is 0. The fourth-order valence-corrected chi connectivity index (χ4v) is 3.90. The van der Waals surface area contributed by atoms with E-state index >= 15 is 0 Å². The molecule has 2 aromatic rings. The van der Waals surface area contributed by atoms with Crippen molar-refractivity contribution in [1.82, 2.24) is 4.31 Å². The molecular formula is C18H21NO5S. The van der Waals surface area contributed by atoms with Crippen LogP contribution in [-0.4, -0.2) is 32.8 Å². The highest BCUT2D eigenvalue weighted by molar-refractivity contribution is 7.89. The molecule has 0 aliphatic heterocycles. The zero-order valence-electron chi connectivity index (χ0n) is 14.4. The van der Waals surface area contributed by atoms with E-state index in [9.17, 15) is 13.2 Å². The zero-order chi connectivity index (χ0) is 18.2. The molecule has 0 unspecified atom stereocenters. The van der Waals surface area contributed by atoms with Gasteiger partial charge < -0.3 is 9.15 Å². The smallest absolute Gasteiger partial charge is 0.337 e. The lowest BCUT2D eigenvalue weighted by molar-refractivity contribution is 0.0600. The van der Waals surface area contributed by atoms with Crippen molar-refractivity contribution in [2.75, 3.05) is 14.2 Å². The van der Waals surface area contributed by atoms with E-state index in [0.717, 1.165) is 12.2 Å². The molecule has 0 radical (unpaired) electrons. The van der Waals surface area contributed by atoms with Crippen LogP contribution >= 0.6 is 0 Å². The lowest BCUT2D eigenvalue weighted by atomic mass is 10.2. The lowest BCUT2D eigenvalue weighted by Crippen LogP contribution is -2.26. The maximum atomic E-state index is 12.7. The topological polar surface area (TPSA) is 76.8 Å². The summed E-state index contributed by atoms with van der Waals surface area (Å²) in [6.07, 6.45) is 1.12. The Labute approximate surface area is 147 Å². The number of esters is 1. The number of benzene rings is 1. The molecule has 1 fully saturated rings. The van der Waals surface area contributed by atoms with Crippen molar-refractivity contribution in [2.45, 2.75) is 30.7 Å². The molecule has 134 valence electrons. The van der Waals surface area contributed by atoms with Crippen LogP contribution in [0.1, 0.15) is 41.1 Å². The first kappa shape index (κ1) is 17.7. The van der Waals surface area contributed by atoms with Gasteiger partial charge in [0, 0.05) is 13.0 Å². The summed E-state index contributed by atoms with van der Waals surface area (Å²) in [6, 6.07) is 9.43. The van der Waals surface area contributed by atoms with E-state index in [0.29, 0.717) is 23.2 Å². The highest BCUT2D eigenvalue weighted by Gasteiger charge is 2.36. The van der Waals surface area contributed by atoms with E-state index in [4.69, 9.17) is 4.42 Å². The minimum absolute atomic E-state index is 0.116. The molecule has 0 amide bonds. The van der Waals surface area contributed by atoms with Crippen molar-refractivity contribution in [2.24, 2.45) is 5.92 Å². The molecule has 7 heteroatoms. The Morgan fingerprint density at radius 2 is 1.88 bits per heavy atom. The van der Waals surface area contributed by atoms with Crippen LogP contribution in [0.2, 0.25) is 0 Å². The van der Waals surface area contributed by atoms with Gasteiger partial charge in [-0.1, -0.05) is 6.92 Å². The van der Waals surface area contributed by atoms with Crippen molar-refractivity contribution < 1.29 is 22.4 Å². The minimum atomic E-state index is -3.67. The molecule has 6 nitrogen and oxygen atoms in total. The summed E-state index contributed by atoms with van der Waals surface area (Å²) < 4.78 is 36.9. The molecule has 0 bridgehead atoms. The van der Waals surface area contributed by atoms with Crippen molar-refractivity contribution in [1.29, 1.82) is 0 Å². The number of hydrogen-bond donors (Lipinski definition) is 0. The van der Waals surface area contributed by atoms with Crippen molar-refractivity contribution in [3.8, 4) is 0 Å². The van der Waals surface area contributed by atoms with Crippen LogP contribution in [0, 0.1) is 5.92 Å². The Kier molecular flexibility index (Phi) is 4.71. The van der Waals surface area contributed by atoms with Gasteiger partial charge in [-0.25, -0.2) is 13.2 Å². The molecule has 2 atom stereocenters. The van der Waals surface area contributed by atoms with E-state index < -0.39 is 16.0 Å². The van der Waals surface area contributed by atoms with E-state index in [-0.39, 0.29) is 11.4 Å². The first-order valence-electron chi connectivity index (χ1n) is 8.06. The molecular weight excluding hydrogens is 342 g/mol. The number of methoxy groups -OCH3 is 1. The maximum absolute atomic E-state index is 12.7. The number of hydrogen-bond acceptors (Lipinski definition) is 5. The van der Waals surface area contributed by atoms with Crippen LogP contribution in [0.25, 0.3) is 0 Å². The summed E-state index contributed by atoms with van der Waals surface area (Å²) in [5.41, 5.74) is 0.304. The number of nitrogens with zero attached hydrogens (tertiary/aromatic N) is 1. The number of ether oxygens (including phenoxy) is 1. The number of carbonyl (C=O) groups is 1. The third-order valence-corrected chi connectivity index (χ3v) is 6.34. The summed E-state index contributed by atoms with van der Waals surface area (Å²) in [4.78, 5) is 11.6. The van der Waals surface area contributed by atoms with Gasteiger partial charge in [-0.3, -0.25) is 0 Å². The van der Waals surface area contributed by atoms with Gasteiger partial charge in [-0.05, 0) is 48.7 Å². The summed E-state index contributed by atoms with van der Waals surface area (Å²) in [6.45, 7) is 2.32. The van der Waals surface area contributed by atoms with Crippen molar-refractivity contribution >= 4 is 16.0 Å². The molecule has 25 heavy (non-hydrogen) atoms. The van der Waals surface area contributed by atoms with Gasteiger partial charge in [0.2, 0.25) is 10.0 Å². The van der Waals surface area contributed by atoms with Gasteiger partial charge in [-0.2, -0.15) is 4.31 Å². The van der Waals surface area contributed by atoms with Crippen LogP contribution in [-0.2, 0) is 21.3 Å². The number of rotatable bonds is 6.